The predicted octanol–water partition coefficient (Wildman–Crippen LogP) is 3.23. The molecule has 0 bridgehead atoms. The van der Waals surface area contributed by atoms with Crippen molar-refractivity contribution in [1.29, 1.82) is 0 Å². The minimum atomic E-state index is 0.400. The van der Waals surface area contributed by atoms with E-state index in [0.717, 1.165) is 36.7 Å². The van der Waals surface area contributed by atoms with E-state index in [0.29, 0.717) is 6.04 Å². The Hall–Kier alpha value is -1.32. The first-order chi connectivity index (χ1) is 9.69. The molecule has 1 aromatic heterocycles. The van der Waals surface area contributed by atoms with Crippen LogP contribution in [-0.2, 0) is 19.9 Å². The minimum Gasteiger partial charge on any atom is -0.338 e. The van der Waals surface area contributed by atoms with E-state index in [9.17, 15) is 0 Å². The summed E-state index contributed by atoms with van der Waals surface area (Å²) in [5.41, 5.74) is 1.30. The molecule has 0 aliphatic rings. The molecule has 0 saturated heterocycles. The Morgan fingerprint density at radius 2 is 2.00 bits per heavy atom. The molecule has 1 N–H and O–H groups in total. The van der Waals surface area contributed by atoms with Crippen LogP contribution in [0.3, 0.4) is 0 Å². The fourth-order valence-electron chi connectivity index (χ4n) is 2.28. The fraction of sp³-hybridized carbons (Fsp3) is 0.438. The third-order valence-electron chi connectivity index (χ3n) is 3.43. The molecule has 4 heteroatoms. The number of benzene rings is 1. The van der Waals surface area contributed by atoms with Crippen molar-refractivity contribution in [3.05, 3.63) is 53.1 Å². The minimum absolute atomic E-state index is 0.400. The summed E-state index contributed by atoms with van der Waals surface area (Å²) in [7, 11) is 2.04. The van der Waals surface area contributed by atoms with Crippen LogP contribution in [0.2, 0.25) is 5.02 Å². The van der Waals surface area contributed by atoms with E-state index in [-0.39, 0.29) is 0 Å². The van der Waals surface area contributed by atoms with E-state index in [4.69, 9.17) is 11.6 Å². The molecule has 1 atom stereocenters. The molecule has 2 rings (SSSR count). The average molecular weight is 292 g/mol. The van der Waals surface area contributed by atoms with Gasteiger partial charge in [0.2, 0.25) is 0 Å². The van der Waals surface area contributed by atoms with Crippen molar-refractivity contribution < 1.29 is 0 Å². The second-order valence-electron chi connectivity index (χ2n) is 5.14. The Balaban J connectivity index is 2.03. The van der Waals surface area contributed by atoms with Crippen LogP contribution >= 0.6 is 11.6 Å². The van der Waals surface area contributed by atoms with Gasteiger partial charge in [0, 0.05) is 36.9 Å². The molecule has 1 unspecified atom stereocenters. The summed E-state index contributed by atoms with van der Waals surface area (Å²) in [5.74, 6) is 1.12. The van der Waals surface area contributed by atoms with Gasteiger partial charge in [-0.25, -0.2) is 4.98 Å². The van der Waals surface area contributed by atoms with Gasteiger partial charge in [0.25, 0.3) is 0 Å². The van der Waals surface area contributed by atoms with Gasteiger partial charge in [0.15, 0.2) is 0 Å². The molecule has 2 aromatic rings. The zero-order valence-corrected chi connectivity index (χ0v) is 12.9. The molecule has 3 nitrogen and oxygen atoms in total. The highest BCUT2D eigenvalue weighted by Gasteiger charge is 2.12. The SMILES string of the molecule is CCCNC(Cc1ccc(Cl)cc1)Cc1nccn1C. The van der Waals surface area contributed by atoms with Crippen molar-refractivity contribution in [3.8, 4) is 0 Å². The molecule has 0 amide bonds. The van der Waals surface area contributed by atoms with Crippen molar-refractivity contribution >= 4 is 11.6 Å². The maximum atomic E-state index is 5.94. The average Bonchev–Trinajstić information content (AvgIpc) is 2.84. The lowest BCUT2D eigenvalue weighted by Crippen LogP contribution is -2.34. The summed E-state index contributed by atoms with van der Waals surface area (Å²) in [6.45, 7) is 3.22. The molecule has 1 heterocycles. The maximum absolute atomic E-state index is 5.94. The topological polar surface area (TPSA) is 29.9 Å². The highest BCUT2D eigenvalue weighted by Crippen LogP contribution is 2.12. The van der Waals surface area contributed by atoms with Gasteiger partial charge in [-0.15, -0.1) is 0 Å². The number of halogens is 1. The van der Waals surface area contributed by atoms with E-state index in [1.54, 1.807) is 0 Å². The second kappa shape index (κ2) is 7.46. The van der Waals surface area contributed by atoms with Crippen LogP contribution in [0.4, 0.5) is 0 Å². The predicted molar refractivity (Wildman–Crippen MR) is 84.1 cm³/mol. The molecule has 20 heavy (non-hydrogen) atoms. The number of nitrogens with one attached hydrogen (secondary N) is 1. The largest absolute Gasteiger partial charge is 0.338 e. The highest BCUT2D eigenvalue weighted by atomic mass is 35.5. The summed E-state index contributed by atoms with van der Waals surface area (Å²) in [4.78, 5) is 4.42. The number of nitrogens with zero attached hydrogens (tertiary/aromatic N) is 2. The number of hydrogen-bond acceptors (Lipinski definition) is 2. The van der Waals surface area contributed by atoms with Crippen LogP contribution in [-0.4, -0.2) is 22.1 Å². The third-order valence-corrected chi connectivity index (χ3v) is 3.68. The highest BCUT2D eigenvalue weighted by molar-refractivity contribution is 6.30. The first-order valence-electron chi connectivity index (χ1n) is 7.13. The summed E-state index contributed by atoms with van der Waals surface area (Å²) < 4.78 is 2.09. The van der Waals surface area contributed by atoms with E-state index in [1.165, 1.54) is 5.56 Å². The normalized spacial score (nSPS) is 12.6. The molecule has 0 spiro atoms. The van der Waals surface area contributed by atoms with Crippen LogP contribution in [0.25, 0.3) is 0 Å². The first kappa shape index (κ1) is 15.1. The van der Waals surface area contributed by atoms with Crippen molar-refractivity contribution in [1.82, 2.24) is 14.9 Å². The van der Waals surface area contributed by atoms with Crippen molar-refractivity contribution in [2.75, 3.05) is 6.54 Å². The number of rotatable bonds is 7. The Morgan fingerprint density at radius 1 is 1.25 bits per heavy atom. The van der Waals surface area contributed by atoms with Crippen LogP contribution < -0.4 is 5.32 Å². The van der Waals surface area contributed by atoms with Crippen molar-refractivity contribution in [3.63, 3.8) is 0 Å². The van der Waals surface area contributed by atoms with Crippen LogP contribution in [0.5, 0.6) is 0 Å². The maximum Gasteiger partial charge on any atom is 0.109 e. The Bertz CT molecular complexity index is 519. The quantitative estimate of drug-likeness (QED) is 0.849. The first-order valence-corrected chi connectivity index (χ1v) is 7.51. The molecule has 0 aliphatic heterocycles. The summed E-state index contributed by atoms with van der Waals surface area (Å²) in [5, 5.41) is 4.40. The fourth-order valence-corrected chi connectivity index (χ4v) is 2.41. The zero-order valence-electron chi connectivity index (χ0n) is 12.1. The standard InChI is InChI=1S/C16H22ClN3/c1-3-8-18-15(12-16-19-9-10-20(16)2)11-13-4-6-14(17)7-5-13/h4-7,9-10,15,18H,3,8,11-12H2,1-2H3. The molecule has 0 aliphatic carbocycles. The third kappa shape index (κ3) is 4.36. The van der Waals surface area contributed by atoms with Gasteiger partial charge < -0.3 is 9.88 Å². The van der Waals surface area contributed by atoms with E-state index in [2.05, 4.69) is 33.9 Å². The molecule has 0 saturated carbocycles. The molecule has 1 aromatic carbocycles. The van der Waals surface area contributed by atoms with E-state index in [1.807, 2.05) is 31.6 Å². The Morgan fingerprint density at radius 3 is 2.60 bits per heavy atom. The van der Waals surface area contributed by atoms with Crippen LogP contribution in [0.15, 0.2) is 36.7 Å². The lowest BCUT2D eigenvalue weighted by atomic mass is 10.0. The lowest BCUT2D eigenvalue weighted by molar-refractivity contribution is 0.490. The Kier molecular flexibility index (Phi) is 5.62. The lowest BCUT2D eigenvalue weighted by Gasteiger charge is -2.18. The van der Waals surface area contributed by atoms with Gasteiger partial charge in [-0.2, -0.15) is 0 Å². The van der Waals surface area contributed by atoms with E-state index >= 15 is 0 Å². The summed E-state index contributed by atoms with van der Waals surface area (Å²) >= 11 is 5.94. The van der Waals surface area contributed by atoms with Gasteiger partial charge in [-0.1, -0.05) is 30.7 Å². The van der Waals surface area contributed by atoms with Crippen LogP contribution in [0.1, 0.15) is 24.7 Å². The number of hydrogen-bond donors (Lipinski definition) is 1. The van der Waals surface area contributed by atoms with Gasteiger partial charge in [-0.3, -0.25) is 0 Å². The van der Waals surface area contributed by atoms with Gasteiger partial charge in [0.1, 0.15) is 5.82 Å². The monoisotopic (exact) mass is 291 g/mol. The van der Waals surface area contributed by atoms with E-state index < -0.39 is 0 Å². The number of imidazole rings is 1. The second-order valence-corrected chi connectivity index (χ2v) is 5.58. The zero-order chi connectivity index (χ0) is 14.4. The summed E-state index contributed by atoms with van der Waals surface area (Å²) in [6.07, 6.45) is 6.91. The number of aromatic nitrogens is 2. The van der Waals surface area contributed by atoms with Crippen molar-refractivity contribution in [2.45, 2.75) is 32.2 Å². The molecule has 108 valence electrons. The smallest absolute Gasteiger partial charge is 0.109 e. The molecular weight excluding hydrogens is 270 g/mol. The van der Waals surface area contributed by atoms with Gasteiger partial charge in [0.05, 0.1) is 0 Å². The number of aryl methyl sites for hydroxylation is 1. The molecular formula is C16H22ClN3. The van der Waals surface area contributed by atoms with Crippen LogP contribution in [0, 0.1) is 0 Å². The summed E-state index contributed by atoms with van der Waals surface area (Å²) in [6, 6.07) is 8.50. The van der Waals surface area contributed by atoms with Crippen molar-refractivity contribution in [2.24, 2.45) is 7.05 Å². The Labute approximate surface area is 126 Å². The molecule has 0 fully saturated rings. The van der Waals surface area contributed by atoms with Gasteiger partial charge >= 0.3 is 0 Å². The van der Waals surface area contributed by atoms with Gasteiger partial charge in [-0.05, 0) is 37.1 Å². The molecule has 0 radical (unpaired) electrons.